The molecule has 0 spiro atoms. The van der Waals surface area contributed by atoms with Gasteiger partial charge in [-0.2, -0.15) is 0 Å². The van der Waals surface area contributed by atoms with E-state index >= 15 is 0 Å². The number of nitrogens with one attached hydrogen (secondary N) is 1. The zero-order valence-electron chi connectivity index (χ0n) is 15.6. The third kappa shape index (κ3) is 4.47. The van der Waals surface area contributed by atoms with Crippen molar-refractivity contribution in [1.82, 2.24) is 5.32 Å². The van der Waals surface area contributed by atoms with E-state index in [0.717, 1.165) is 5.56 Å². The minimum atomic E-state index is -0.444. The molecule has 0 bridgehead atoms. The van der Waals surface area contributed by atoms with Crippen molar-refractivity contribution in [2.24, 2.45) is 0 Å². The number of ether oxygens (including phenoxy) is 1. The van der Waals surface area contributed by atoms with Crippen LogP contribution in [0.15, 0.2) is 72.8 Å². The van der Waals surface area contributed by atoms with Gasteiger partial charge in [0.05, 0.1) is 0 Å². The molecule has 0 saturated carbocycles. The second-order valence-electron chi connectivity index (χ2n) is 6.81. The zero-order valence-corrected chi connectivity index (χ0v) is 17.1. The molecule has 1 aliphatic carbocycles. The second-order valence-corrected chi connectivity index (χ2v) is 7.68. The summed E-state index contributed by atoms with van der Waals surface area (Å²) in [6.07, 6.45) is 3.23. The Morgan fingerprint density at radius 1 is 0.931 bits per heavy atom. The molecule has 0 unspecified atom stereocenters. The number of rotatable bonds is 5. The third-order valence-electron chi connectivity index (χ3n) is 4.90. The molecule has 1 aliphatic rings. The van der Waals surface area contributed by atoms with Crippen LogP contribution in [0.2, 0.25) is 10.0 Å². The van der Waals surface area contributed by atoms with Crippen molar-refractivity contribution in [3.05, 3.63) is 99.5 Å². The van der Waals surface area contributed by atoms with Crippen LogP contribution in [-0.4, -0.2) is 19.2 Å². The van der Waals surface area contributed by atoms with Crippen LogP contribution in [0.25, 0.3) is 17.2 Å². The summed E-state index contributed by atoms with van der Waals surface area (Å²) in [5, 5.41) is 3.88. The van der Waals surface area contributed by atoms with Crippen LogP contribution in [0.5, 0.6) is 0 Å². The summed E-state index contributed by atoms with van der Waals surface area (Å²) in [7, 11) is 0. The number of carbonyl (C=O) groups is 1. The number of alkyl carbamates (subject to hydrolysis) is 1. The predicted octanol–water partition coefficient (Wildman–Crippen LogP) is 6.55. The predicted molar refractivity (Wildman–Crippen MR) is 119 cm³/mol. The van der Waals surface area contributed by atoms with Crippen LogP contribution in [0.1, 0.15) is 22.6 Å². The molecule has 4 rings (SSSR count). The SMILES string of the molecule is O=C(NCC=Cc1cc(Cl)cc(Cl)c1)OCC1c2ccccc2-c2ccccc21. The Morgan fingerprint density at radius 2 is 1.52 bits per heavy atom. The van der Waals surface area contributed by atoms with Gasteiger partial charge in [-0.05, 0) is 46.0 Å². The molecular weight excluding hydrogens is 405 g/mol. The molecule has 3 aromatic carbocycles. The summed E-state index contributed by atoms with van der Waals surface area (Å²) in [6.45, 7) is 0.647. The van der Waals surface area contributed by atoms with Gasteiger partial charge in [-0.15, -0.1) is 0 Å². The fourth-order valence-electron chi connectivity index (χ4n) is 3.66. The zero-order chi connectivity index (χ0) is 20.2. The monoisotopic (exact) mass is 423 g/mol. The molecule has 0 saturated heterocycles. The van der Waals surface area contributed by atoms with Crippen LogP contribution in [-0.2, 0) is 4.74 Å². The largest absolute Gasteiger partial charge is 0.449 e. The highest BCUT2D eigenvalue weighted by Gasteiger charge is 2.28. The molecule has 0 fully saturated rings. The van der Waals surface area contributed by atoms with Crippen molar-refractivity contribution in [3.63, 3.8) is 0 Å². The van der Waals surface area contributed by atoms with E-state index in [1.54, 1.807) is 18.2 Å². The Labute approximate surface area is 179 Å². The van der Waals surface area contributed by atoms with Crippen molar-refractivity contribution < 1.29 is 9.53 Å². The van der Waals surface area contributed by atoms with Crippen molar-refractivity contribution in [1.29, 1.82) is 0 Å². The standard InChI is InChI=1S/C24H19Cl2NO2/c25-17-12-16(13-18(26)14-17)6-5-11-27-24(28)29-15-23-21-9-3-1-7-19(21)20-8-2-4-10-22(20)23/h1-10,12-14,23H,11,15H2,(H,27,28). The molecule has 5 heteroatoms. The van der Waals surface area contributed by atoms with Crippen molar-refractivity contribution in [2.45, 2.75) is 5.92 Å². The minimum Gasteiger partial charge on any atom is -0.449 e. The summed E-state index contributed by atoms with van der Waals surface area (Å²) in [6, 6.07) is 21.8. The van der Waals surface area contributed by atoms with Gasteiger partial charge in [0.2, 0.25) is 0 Å². The summed E-state index contributed by atoms with van der Waals surface area (Å²) >= 11 is 12.0. The van der Waals surface area contributed by atoms with E-state index in [0.29, 0.717) is 23.2 Å². The second kappa shape index (κ2) is 8.73. The summed E-state index contributed by atoms with van der Waals surface area (Å²) in [4.78, 5) is 12.1. The number of benzene rings is 3. The molecular formula is C24H19Cl2NO2. The van der Waals surface area contributed by atoms with Gasteiger partial charge < -0.3 is 10.1 Å². The van der Waals surface area contributed by atoms with Crippen LogP contribution in [0, 0.1) is 0 Å². The van der Waals surface area contributed by atoms with Gasteiger partial charge >= 0.3 is 6.09 Å². The Hall–Kier alpha value is -2.75. The lowest BCUT2D eigenvalue weighted by molar-refractivity contribution is 0.144. The number of fused-ring (bicyclic) bond motifs is 3. The first-order valence-electron chi connectivity index (χ1n) is 9.33. The third-order valence-corrected chi connectivity index (χ3v) is 5.34. The van der Waals surface area contributed by atoms with Crippen LogP contribution < -0.4 is 5.32 Å². The summed E-state index contributed by atoms with van der Waals surface area (Å²) < 4.78 is 5.50. The fraction of sp³-hybridized carbons (Fsp3) is 0.125. The summed E-state index contributed by atoms with van der Waals surface area (Å²) in [5.41, 5.74) is 5.68. The van der Waals surface area contributed by atoms with Gasteiger partial charge in [0.25, 0.3) is 0 Å². The van der Waals surface area contributed by atoms with Gasteiger partial charge in [-0.25, -0.2) is 4.79 Å². The number of hydrogen-bond donors (Lipinski definition) is 1. The molecule has 0 radical (unpaired) electrons. The van der Waals surface area contributed by atoms with Crippen molar-refractivity contribution in [3.8, 4) is 11.1 Å². The van der Waals surface area contributed by atoms with Gasteiger partial charge in [0, 0.05) is 22.5 Å². The van der Waals surface area contributed by atoms with Gasteiger partial charge in [0.1, 0.15) is 6.61 Å². The molecule has 3 aromatic rings. The number of carbonyl (C=O) groups excluding carboxylic acids is 1. The van der Waals surface area contributed by atoms with Crippen molar-refractivity contribution >= 4 is 35.4 Å². The van der Waals surface area contributed by atoms with Crippen LogP contribution in [0.3, 0.4) is 0 Å². The highest BCUT2D eigenvalue weighted by molar-refractivity contribution is 6.34. The lowest BCUT2D eigenvalue weighted by Crippen LogP contribution is -2.26. The van der Waals surface area contributed by atoms with Crippen LogP contribution >= 0.6 is 23.2 Å². The van der Waals surface area contributed by atoms with E-state index in [-0.39, 0.29) is 5.92 Å². The molecule has 1 amide bonds. The molecule has 0 aromatic heterocycles. The Bertz CT molecular complexity index is 1010. The normalized spacial score (nSPS) is 12.6. The quantitative estimate of drug-likeness (QED) is 0.505. The van der Waals surface area contributed by atoms with E-state index in [1.807, 2.05) is 36.4 Å². The highest BCUT2D eigenvalue weighted by Crippen LogP contribution is 2.44. The molecule has 29 heavy (non-hydrogen) atoms. The van der Waals surface area contributed by atoms with E-state index in [2.05, 4.69) is 29.6 Å². The van der Waals surface area contributed by atoms with Crippen LogP contribution in [0.4, 0.5) is 4.79 Å². The lowest BCUT2D eigenvalue weighted by Gasteiger charge is -2.14. The highest BCUT2D eigenvalue weighted by atomic mass is 35.5. The van der Waals surface area contributed by atoms with Crippen molar-refractivity contribution in [2.75, 3.05) is 13.2 Å². The molecule has 0 heterocycles. The minimum absolute atomic E-state index is 0.0531. The van der Waals surface area contributed by atoms with Gasteiger partial charge in [0.15, 0.2) is 0 Å². The van der Waals surface area contributed by atoms with Gasteiger partial charge in [-0.3, -0.25) is 0 Å². The van der Waals surface area contributed by atoms with E-state index in [4.69, 9.17) is 27.9 Å². The topological polar surface area (TPSA) is 38.3 Å². The van der Waals surface area contributed by atoms with E-state index < -0.39 is 6.09 Å². The maximum absolute atomic E-state index is 12.1. The first-order valence-corrected chi connectivity index (χ1v) is 10.1. The average Bonchev–Trinajstić information content (AvgIpc) is 3.03. The molecule has 1 N–H and O–H groups in total. The number of hydrogen-bond acceptors (Lipinski definition) is 2. The average molecular weight is 424 g/mol. The Kier molecular flexibility index (Phi) is 5.89. The first kappa shape index (κ1) is 19.6. The number of halogens is 2. The van der Waals surface area contributed by atoms with E-state index in [1.165, 1.54) is 22.3 Å². The molecule has 0 aliphatic heterocycles. The van der Waals surface area contributed by atoms with Gasteiger partial charge in [-0.1, -0.05) is 83.9 Å². The molecule has 0 atom stereocenters. The number of amides is 1. The lowest BCUT2D eigenvalue weighted by atomic mass is 9.98. The maximum Gasteiger partial charge on any atom is 0.407 e. The summed E-state index contributed by atoms with van der Waals surface area (Å²) in [5.74, 6) is 0.0531. The Morgan fingerprint density at radius 3 is 2.14 bits per heavy atom. The maximum atomic E-state index is 12.1. The Balaban J connectivity index is 1.34. The smallest absolute Gasteiger partial charge is 0.407 e. The molecule has 3 nitrogen and oxygen atoms in total. The molecule has 146 valence electrons. The first-order chi connectivity index (χ1) is 14.1. The fourth-order valence-corrected chi connectivity index (χ4v) is 4.20. The van der Waals surface area contributed by atoms with E-state index in [9.17, 15) is 4.79 Å².